The molecule has 40 heavy (non-hydrogen) atoms. The van der Waals surface area contributed by atoms with Crippen LogP contribution in [0.1, 0.15) is 116 Å². The molecule has 5 rings (SSSR count). The summed E-state index contributed by atoms with van der Waals surface area (Å²) in [5.74, 6) is 2.60. The first kappa shape index (κ1) is 29.8. The third kappa shape index (κ3) is 7.99. The van der Waals surface area contributed by atoms with Gasteiger partial charge >= 0.3 is 0 Å². The van der Waals surface area contributed by atoms with Crippen LogP contribution >= 0.6 is 11.8 Å². The topological polar surface area (TPSA) is 72.7 Å². The quantitative estimate of drug-likeness (QED) is 0.187. The van der Waals surface area contributed by atoms with Crippen molar-refractivity contribution in [2.24, 2.45) is 23.7 Å². The van der Waals surface area contributed by atoms with E-state index in [2.05, 4.69) is 38.6 Å². The summed E-state index contributed by atoms with van der Waals surface area (Å²) in [6.45, 7) is 8.54. The maximum Gasteiger partial charge on any atom is 0.138 e. The Hall–Kier alpha value is -0.301. The number of aliphatic hydroxyl groups excluding tert-OH is 1. The first-order valence-electron chi connectivity index (χ1n) is 17.2. The van der Waals surface area contributed by atoms with Crippen molar-refractivity contribution in [2.45, 2.75) is 147 Å². The van der Waals surface area contributed by atoms with Crippen LogP contribution in [0, 0.1) is 30.1 Å². The molecule has 0 spiro atoms. The van der Waals surface area contributed by atoms with Gasteiger partial charge in [-0.25, -0.2) is 6.42 Å². The van der Waals surface area contributed by atoms with E-state index in [-0.39, 0.29) is 50.0 Å². The van der Waals surface area contributed by atoms with E-state index in [1.165, 1.54) is 17.6 Å². The van der Waals surface area contributed by atoms with Gasteiger partial charge < -0.3 is 15.2 Å². The Morgan fingerprint density at radius 1 is 1.23 bits per heavy atom. The fourth-order valence-corrected chi connectivity index (χ4v) is 8.54. The number of carbonyl (C=O) groups is 1. The standard InChI is InChI=1S/C20H28N2OS.C13H26O2.Ir/c1-11-6-8-15-14-4-3-5-16(18(14)23-19(15)21-11)17-9-7-13-10-12(2)24-20(13)22-17;1-5-10(6-2)12(14)9-13(15)11(7-3)8-4;/h5,7,11-12,14-15,17,19-21H,3-4,6,8-10H2,1-2H3;10-12,14H,5-9H2,1-4H3;/q-2;;/t11-,12-,14?,15?,17-,19?,20?;12-;/m10./s1/i1D3;;. The number of aliphatic hydroxyl groups is 1. The third-order valence-electron chi connectivity index (χ3n) is 9.70. The molecule has 3 saturated heterocycles. The molecular weight excluding hydrogens is 697 g/mol. The van der Waals surface area contributed by atoms with E-state index < -0.39 is 19.0 Å². The third-order valence-corrected chi connectivity index (χ3v) is 11.0. The molecule has 0 amide bonds. The molecule has 5 nitrogen and oxygen atoms in total. The van der Waals surface area contributed by atoms with E-state index in [0.717, 1.165) is 57.1 Å². The number of allylic oxidation sites excluding steroid dienone is 1. The van der Waals surface area contributed by atoms with Gasteiger partial charge in [-0.1, -0.05) is 70.9 Å². The molecule has 8 atom stereocenters. The van der Waals surface area contributed by atoms with E-state index in [1.54, 1.807) is 0 Å². The number of Topliss-reactive ketones (excluding diaryl/α,β-unsaturated/α-hetero) is 1. The summed E-state index contributed by atoms with van der Waals surface area (Å²) < 4.78 is 29.6. The zero-order chi connectivity index (χ0) is 30.6. The van der Waals surface area contributed by atoms with Gasteiger partial charge in [-0.3, -0.25) is 10.1 Å². The van der Waals surface area contributed by atoms with Crippen molar-refractivity contribution in [3.05, 3.63) is 34.7 Å². The minimum atomic E-state index is -1.96. The summed E-state index contributed by atoms with van der Waals surface area (Å²) >= 11 is 1.98. The van der Waals surface area contributed by atoms with Gasteiger partial charge in [0.1, 0.15) is 12.0 Å². The smallest absolute Gasteiger partial charge is 0.138 e. The molecule has 2 N–H and O–H groups in total. The zero-order valence-electron chi connectivity index (χ0n) is 28.2. The number of hydrogen-bond acceptors (Lipinski definition) is 5. The fraction of sp³-hybridized carbons (Fsp3) is 0.818. The molecule has 231 valence electrons. The minimum absolute atomic E-state index is 0. The van der Waals surface area contributed by atoms with E-state index in [0.29, 0.717) is 35.3 Å². The van der Waals surface area contributed by atoms with Crippen LogP contribution in [0.15, 0.2) is 23.0 Å². The second kappa shape index (κ2) is 16.0. The summed E-state index contributed by atoms with van der Waals surface area (Å²) in [5, 5.41) is 19.3. The molecule has 4 aliphatic heterocycles. The second-order valence-corrected chi connectivity index (χ2v) is 13.7. The number of nitrogens with one attached hydrogen (secondary N) is 1. The molecule has 0 saturated carbocycles. The maximum absolute atomic E-state index is 11.8. The predicted octanol–water partition coefficient (Wildman–Crippen LogP) is 7.70. The molecule has 4 unspecified atom stereocenters. The first-order chi connectivity index (χ1) is 20.0. The molecular formula is C33H54IrN2O3S-2. The van der Waals surface area contributed by atoms with Crippen LogP contribution in [0.4, 0.5) is 0 Å². The molecule has 0 aromatic rings. The van der Waals surface area contributed by atoms with Gasteiger partial charge in [0, 0.05) is 53.8 Å². The van der Waals surface area contributed by atoms with Crippen molar-refractivity contribution in [3.8, 4) is 0 Å². The molecule has 0 bridgehead atoms. The van der Waals surface area contributed by atoms with Gasteiger partial charge in [-0.2, -0.15) is 17.3 Å². The molecule has 0 aromatic heterocycles. The first-order valence-corrected chi connectivity index (χ1v) is 16.7. The van der Waals surface area contributed by atoms with E-state index in [1.807, 2.05) is 25.6 Å². The van der Waals surface area contributed by atoms with Crippen LogP contribution in [0.2, 0.25) is 0 Å². The number of ketones is 1. The monoisotopic (exact) mass is 754 g/mol. The summed E-state index contributed by atoms with van der Waals surface area (Å²) in [4.78, 5) is 11.8. The van der Waals surface area contributed by atoms with Crippen LogP contribution < -0.4 is 5.32 Å². The Kier molecular flexibility index (Phi) is 11.9. The summed E-state index contributed by atoms with van der Waals surface area (Å²) in [5.41, 5.74) is 2.79. The van der Waals surface area contributed by atoms with Crippen molar-refractivity contribution >= 4 is 17.5 Å². The van der Waals surface area contributed by atoms with Crippen molar-refractivity contribution in [1.82, 2.24) is 5.32 Å². The zero-order valence-corrected chi connectivity index (χ0v) is 28.4. The van der Waals surface area contributed by atoms with Crippen LogP contribution in [0.3, 0.4) is 0 Å². The molecule has 7 heteroatoms. The fourth-order valence-electron chi connectivity index (χ4n) is 7.23. The SMILES string of the molecule is CCC(CC)C(=O)C[C@H](O)C(CC)CC.[2H]C([2H])([2H])[C@@H]1CCC2C(N1)OC1=C([C@H]3CC=C4C[C@@H](C)SC4[N-]3)[CH-]CCC12.[Ir]. The molecule has 4 heterocycles. The van der Waals surface area contributed by atoms with Gasteiger partial charge in [0.2, 0.25) is 0 Å². The van der Waals surface area contributed by atoms with E-state index >= 15 is 0 Å². The Bertz CT molecular complexity index is 985. The normalized spacial score (nSPS) is 34.9. The largest absolute Gasteiger partial charge is 0.643 e. The summed E-state index contributed by atoms with van der Waals surface area (Å²) in [6.07, 6.45) is 14.2. The average molecular weight is 754 g/mol. The van der Waals surface area contributed by atoms with Gasteiger partial charge in [-0.15, -0.1) is 12.5 Å². The van der Waals surface area contributed by atoms with Crippen molar-refractivity contribution in [1.29, 1.82) is 0 Å². The minimum Gasteiger partial charge on any atom is -0.643 e. The summed E-state index contributed by atoms with van der Waals surface area (Å²) in [6, 6.07) is -0.249. The van der Waals surface area contributed by atoms with Crippen molar-refractivity contribution < 1.29 is 38.9 Å². The number of carbonyl (C=O) groups excluding carboxylic acids is 1. The second-order valence-electron chi connectivity index (χ2n) is 12.2. The number of ether oxygens (including phenoxy) is 1. The van der Waals surface area contributed by atoms with Crippen LogP contribution in [0.5, 0.6) is 0 Å². The Labute approximate surface area is 266 Å². The molecule has 3 fully saturated rings. The Morgan fingerprint density at radius 2 is 1.98 bits per heavy atom. The van der Waals surface area contributed by atoms with Gasteiger partial charge in [-0.05, 0) is 63.0 Å². The van der Waals surface area contributed by atoms with E-state index in [4.69, 9.17) is 14.2 Å². The number of rotatable bonds is 9. The molecule has 5 aliphatic rings. The number of nitrogens with zero attached hydrogens (tertiary/aromatic N) is 1. The van der Waals surface area contributed by atoms with Gasteiger partial charge in [0.15, 0.2) is 0 Å². The van der Waals surface area contributed by atoms with Crippen LogP contribution in [-0.2, 0) is 29.6 Å². The Morgan fingerprint density at radius 3 is 2.65 bits per heavy atom. The maximum atomic E-state index is 11.8. The van der Waals surface area contributed by atoms with Gasteiger partial charge in [0.05, 0.1) is 6.10 Å². The van der Waals surface area contributed by atoms with Gasteiger partial charge in [0.25, 0.3) is 0 Å². The van der Waals surface area contributed by atoms with Crippen LogP contribution in [-0.4, -0.2) is 45.9 Å². The number of fused-ring (bicyclic) bond motifs is 4. The Balaban J connectivity index is 0.000000274. The predicted molar refractivity (Wildman–Crippen MR) is 163 cm³/mol. The number of hydrogen-bond donors (Lipinski definition) is 2. The molecule has 1 radical (unpaired) electrons. The number of piperidine rings is 1. The average Bonchev–Trinajstić information content (AvgIpc) is 3.52. The molecule has 1 aliphatic carbocycles. The van der Waals surface area contributed by atoms with E-state index in [9.17, 15) is 9.90 Å². The molecule has 0 aromatic carbocycles. The van der Waals surface area contributed by atoms with Crippen molar-refractivity contribution in [2.75, 3.05) is 0 Å². The van der Waals surface area contributed by atoms with Crippen LogP contribution in [0.25, 0.3) is 5.32 Å². The van der Waals surface area contributed by atoms with Crippen molar-refractivity contribution in [3.63, 3.8) is 0 Å². The summed E-state index contributed by atoms with van der Waals surface area (Å²) in [7, 11) is 0. The number of thioether (sulfide) groups is 1.